The van der Waals surface area contributed by atoms with Gasteiger partial charge >= 0.3 is 0 Å². The van der Waals surface area contributed by atoms with Crippen molar-refractivity contribution in [2.75, 3.05) is 0 Å². The molecule has 0 unspecified atom stereocenters. The molecular formula is C7H15W-. The van der Waals surface area contributed by atoms with Gasteiger partial charge in [0.2, 0.25) is 0 Å². The van der Waals surface area contributed by atoms with Gasteiger partial charge in [-0.15, -0.1) is 0 Å². The van der Waals surface area contributed by atoms with Crippen LogP contribution in [0.15, 0.2) is 0 Å². The van der Waals surface area contributed by atoms with Crippen LogP contribution in [0.5, 0.6) is 0 Å². The predicted octanol–water partition coefficient (Wildman–Crippen LogP) is 2.64. The second-order valence-electron chi connectivity index (χ2n) is 2.18. The Bertz CT molecular complexity index is 31.4. The van der Waals surface area contributed by atoms with Crippen molar-refractivity contribution in [3.05, 3.63) is 6.92 Å². The fourth-order valence-corrected chi connectivity index (χ4v) is 0.167. The van der Waals surface area contributed by atoms with Crippen LogP contribution < -0.4 is 0 Å². The van der Waals surface area contributed by atoms with E-state index in [1.165, 1.54) is 12.8 Å². The summed E-state index contributed by atoms with van der Waals surface area (Å²) in [6, 6.07) is 0. The van der Waals surface area contributed by atoms with E-state index in [0.29, 0.717) is 0 Å². The molecule has 1 aliphatic rings. The van der Waals surface area contributed by atoms with E-state index >= 15 is 0 Å². The molecule has 8 heavy (non-hydrogen) atoms. The van der Waals surface area contributed by atoms with Crippen LogP contribution in [0.2, 0.25) is 0 Å². The fraction of sp³-hybridized carbons (Fsp3) is 0.857. The first kappa shape index (κ1) is 11.5. The van der Waals surface area contributed by atoms with Gasteiger partial charge < -0.3 is 6.92 Å². The molecule has 0 saturated heterocycles. The van der Waals surface area contributed by atoms with E-state index in [1.807, 2.05) is 6.92 Å². The van der Waals surface area contributed by atoms with Gasteiger partial charge in [-0.2, -0.15) is 6.42 Å². The Morgan fingerprint density at radius 2 is 1.62 bits per heavy atom. The van der Waals surface area contributed by atoms with Gasteiger partial charge in [-0.1, -0.05) is 26.7 Å². The Morgan fingerprint density at radius 3 is 1.62 bits per heavy atom. The first-order valence-electron chi connectivity index (χ1n) is 3.10. The van der Waals surface area contributed by atoms with Crippen LogP contribution >= 0.6 is 0 Å². The molecule has 1 saturated carbocycles. The molecule has 0 aromatic heterocycles. The van der Waals surface area contributed by atoms with Crippen LogP contribution in [0.1, 0.15) is 33.1 Å². The van der Waals surface area contributed by atoms with Crippen molar-refractivity contribution in [3.8, 4) is 0 Å². The van der Waals surface area contributed by atoms with Crippen LogP contribution in [0, 0.1) is 12.8 Å². The maximum absolute atomic E-state index is 3.49. The Labute approximate surface area is 67.3 Å². The summed E-state index contributed by atoms with van der Waals surface area (Å²) in [6.07, 6.45) is 3.97. The summed E-state index contributed by atoms with van der Waals surface area (Å²) in [5, 5.41) is 0. The third-order valence-corrected chi connectivity index (χ3v) is 0.866. The zero-order valence-corrected chi connectivity index (χ0v) is 8.75. The van der Waals surface area contributed by atoms with E-state index in [0.717, 1.165) is 12.3 Å². The van der Waals surface area contributed by atoms with Crippen LogP contribution in [0.4, 0.5) is 0 Å². The van der Waals surface area contributed by atoms with Gasteiger partial charge in [0.1, 0.15) is 0 Å². The summed E-state index contributed by atoms with van der Waals surface area (Å²) < 4.78 is 0. The number of hydrogen-bond acceptors (Lipinski definition) is 0. The van der Waals surface area contributed by atoms with Crippen molar-refractivity contribution in [2.45, 2.75) is 33.1 Å². The van der Waals surface area contributed by atoms with Crippen LogP contribution in [0.25, 0.3) is 0 Å². The van der Waals surface area contributed by atoms with Gasteiger partial charge in [0, 0.05) is 21.1 Å². The smallest absolute Gasteiger partial charge is 0 e. The largest absolute Gasteiger partial charge is 0.344 e. The van der Waals surface area contributed by atoms with Gasteiger partial charge in [-0.3, -0.25) is 0 Å². The standard InChI is InChI=1S/C4H8.C3H7.W/c1-4-2-3-4;1-3-2;/h4H,2-3H2,1H3;1,3H2,2H3;/q;-1;. The minimum absolute atomic E-state index is 0. The van der Waals surface area contributed by atoms with Crippen LogP contribution in [-0.4, -0.2) is 0 Å². The van der Waals surface area contributed by atoms with Gasteiger partial charge in [-0.05, 0) is 5.92 Å². The summed E-state index contributed by atoms with van der Waals surface area (Å²) in [5.41, 5.74) is 0. The van der Waals surface area contributed by atoms with Gasteiger partial charge in [0.15, 0.2) is 0 Å². The minimum Gasteiger partial charge on any atom is -0.344 e. The van der Waals surface area contributed by atoms with Crippen molar-refractivity contribution in [3.63, 3.8) is 0 Å². The van der Waals surface area contributed by atoms with E-state index in [9.17, 15) is 0 Å². The molecule has 0 atom stereocenters. The molecule has 0 bridgehead atoms. The molecular weight excluding hydrogens is 268 g/mol. The molecule has 1 fully saturated rings. The summed E-state index contributed by atoms with van der Waals surface area (Å²) in [4.78, 5) is 0. The topological polar surface area (TPSA) is 0 Å². The molecule has 50 valence electrons. The minimum atomic E-state index is 0. The summed E-state index contributed by atoms with van der Waals surface area (Å²) in [7, 11) is 0. The predicted molar refractivity (Wildman–Crippen MR) is 34.0 cm³/mol. The Balaban J connectivity index is 0. The van der Waals surface area contributed by atoms with E-state index < -0.39 is 0 Å². The third kappa shape index (κ3) is 15.9. The first-order chi connectivity index (χ1) is 3.31. The maximum Gasteiger partial charge on any atom is 0 e. The van der Waals surface area contributed by atoms with Crippen LogP contribution in [-0.2, 0) is 21.1 Å². The molecule has 0 nitrogen and oxygen atoms in total. The molecule has 0 aromatic rings. The van der Waals surface area contributed by atoms with Gasteiger partial charge in [0.25, 0.3) is 0 Å². The molecule has 0 spiro atoms. The Morgan fingerprint density at radius 1 is 1.50 bits per heavy atom. The normalized spacial score (nSPS) is 15.4. The average Bonchev–Trinajstić information content (AvgIpc) is 2.25. The third-order valence-electron chi connectivity index (χ3n) is 0.866. The van der Waals surface area contributed by atoms with Crippen molar-refractivity contribution in [1.82, 2.24) is 0 Å². The number of rotatable bonds is 0. The maximum atomic E-state index is 3.49. The molecule has 1 heteroatoms. The Hall–Kier alpha value is 0.688. The molecule has 0 radical (unpaired) electrons. The molecule has 0 aliphatic heterocycles. The molecule has 0 heterocycles. The van der Waals surface area contributed by atoms with E-state index in [1.54, 1.807) is 0 Å². The summed E-state index contributed by atoms with van der Waals surface area (Å²) >= 11 is 0. The fourth-order valence-electron chi connectivity index (χ4n) is 0.167. The zero-order chi connectivity index (χ0) is 5.70. The van der Waals surface area contributed by atoms with Gasteiger partial charge in [0.05, 0.1) is 0 Å². The molecule has 1 aliphatic carbocycles. The quantitative estimate of drug-likeness (QED) is 0.599. The van der Waals surface area contributed by atoms with Crippen molar-refractivity contribution in [2.24, 2.45) is 5.92 Å². The molecule has 0 aromatic carbocycles. The molecule has 0 N–H and O–H groups in total. The van der Waals surface area contributed by atoms with E-state index in [4.69, 9.17) is 0 Å². The first-order valence-corrected chi connectivity index (χ1v) is 3.10. The SMILES string of the molecule is CC1CC1.[CH2-]CC.[W]. The molecule has 1 rings (SSSR count). The molecule has 0 amide bonds. The van der Waals surface area contributed by atoms with E-state index in [-0.39, 0.29) is 21.1 Å². The second-order valence-corrected chi connectivity index (χ2v) is 2.18. The summed E-state index contributed by atoms with van der Waals surface area (Å²) in [6.45, 7) is 7.78. The second kappa shape index (κ2) is 7.69. The van der Waals surface area contributed by atoms with E-state index in [2.05, 4.69) is 13.8 Å². The van der Waals surface area contributed by atoms with Crippen molar-refractivity contribution < 1.29 is 21.1 Å². The number of hydrogen-bond donors (Lipinski definition) is 0. The van der Waals surface area contributed by atoms with Crippen molar-refractivity contribution >= 4 is 0 Å². The average molecular weight is 283 g/mol. The van der Waals surface area contributed by atoms with Crippen molar-refractivity contribution in [1.29, 1.82) is 0 Å². The zero-order valence-electron chi connectivity index (χ0n) is 5.81. The van der Waals surface area contributed by atoms with Gasteiger partial charge in [-0.25, -0.2) is 0 Å². The Kier molecular flexibility index (Phi) is 11.0. The summed E-state index contributed by atoms with van der Waals surface area (Å²) in [5.74, 6) is 1.08. The monoisotopic (exact) mass is 283 g/mol. The van der Waals surface area contributed by atoms with Crippen LogP contribution in [0.3, 0.4) is 0 Å².